The minimum absolute atomic E-state index is 0.215. The molecule has 0 atom stereocenters. The lowest BCUT2D eigenvalue weighted by atomic mass is 10.2. The molecule has 0 bridgehead atoms. The molecule has 0 saturated heterocycles. The molecule has 0 heterocycles. The summed E-state index contributed by atoms with van der Waals surface area (Å²) in [7, 11) is 1.42. The lowest BCUT2D eigenvalue weighted by Gasteiger charge is -2.00. The smallest absolute Gasteiger partial charge is 0.133 e. The molecule has 1 aromatic rings. The summed E-state index contributed by atoms with van der Waals surface area (Å²) < 4.78 is 0. The molecular weight excluding hydrogens is 212 g/mol. The van der Waals surface area contributed by atoms with Gasteiger partial charge in [-0.25, -0.2) is 9.78 Å². The number of rotatable bonds is 8. The molecule has 0 amide bonds. The quantitative estimate of drug-likeness (QED) is 0.294. The maximum atomic E-state index is 4.62. The minimum Gasteiger partial charge on any atom is -0.316 e. The van der Waals surface area contributed by atoms with Crippen LogP contribution in [-0.4, -0.2) is 20.3 Å². The van der Waals surface area contributed by atoms with E-state index in [1.54, 1.807) is 6.08 Å². The van der Waals surface area contributed by atoms with Gasteiger partial charge in [0.25, 0.3) is 0 Å². The zero-order valence-corrected chi connectivity index (χ0v) is 9.00. The van der Waals surface area contributed by atoms with Crippen LogP contribution in [0.5, 0.6) is 0 Å². The Morgan fingerprint density at radius 1 is 1.06 bits per heavy atom. The highest BCUT2D eigenvalue weighted by atomic mass is 17.5. The normalized spacial score (nSPS) is 10.8. The molecule has 0 aliphatic rings. The molecule has 0 N–H and O–H groups in total. The molecule has 0 saturated carbocycles. The van der Waals surface area contributed by atoms with E-state index in [-0.39, 0.29) is 13.2 Å². The number of benzene rings is 1. The Hall–Kier alpha value is -1.40. The topological polar surface area (TPSA) is 46.2 Å². The van der Waals surface area contributed by atoms with Gasteiger partial charge in [0.15, 0.2) is 0 Å². The Kier molecular flexibility index (Phi) is 7.02. The van der Waals surface area contributed by atoms with Gasteiger partial charge in [0.2, 0.25) is 0 Å². The lowest BCUT2D eigenvalue weighted by molar-refractivity contribution is -0.494. The SMILES string of the molecule is COOCCOOO/C=C/c1ccccc1. The van der Waals surface area contributed by atoms with Gasteiger partial charge < -0.3 is 4.89 Å². The standard InChI is InChI=1S/C11H14O5/c1-12-13-9-10-15-16-14-8-7-11-5-3-2-4-6-11/h2-8H,9-10H2,1H3/b8-7+. The Morgan fingerprint density at radius 2 is 1.81 bits per heavy atom. The second-order valence-electron chi connectivity index (χ2n) is 2.69. The van der Waals surface area contributed by atoms with E-state index < -0.39 is 0 Å². The summed E-state index contributed by atoms with van der Waals surface area (Å²) in [6.45, 7) is 0.481. The van der Waals surface area contributed by atoms with E-state index in [1.807, 2.05) is 30.3 Å². The van der Waals surface area contributed by atoms with E-state index in [1.165, 1.54) is 13.4 Å². The molecule has 5 nitrogen and oxygen atoms in total. The third kappa shape index (κ3) is 6.15. The van der Waals surface area contributed by atoms with Gasteiger partial charge in [0.1, 0.15) is 19.5 Å². The van der Waals surface area contributed by atoms with Crippen LogP contribution in [0.25, 0.3) is 6.08 Å². The molecule has 0 fully saturated rings. The van der Waals surface area contributed by atoms with Crippen molar-refractivity contribution in [3.05, 3.63) is 42.2 Å². The van der Waals surface area contributed by atoms with Crippen molar-refractivity contribution in [1.29, 1.82) is 0 Å². The van der Waals surface area contributed by atoms with Crippen molar-refractivity contribution in [2.24, 2.45) is 0 Å². The molecule has 0 unspecified atom stereocenters. The Bertz CT molecular complexity index is 286. The number of hydrogen-bond acceptors (Lipinski definition) is 5. The average molecular weight is 226 g/mol. The van der Waals surface area contributed by atoms with Gasteiger partial charge in [-0.2, -0.15) is 4.89 Å². The van der Waals surface area contributed by atoms with Gasteiger partial charge in [-0.3, -0.25) is 0 Å². The zero-order chi connectivity index (χ0) is 11.5. The largest absolute Gasteiger partial charge is 0.316 e. The van der Waals surface area contributed by atoms with Gasteiger partial charge in [0.05, 0.1) is 7.11 Å². The first-order chi connectivity index (χ1) is 7.93. The van der Waals surface area contributed by atoms with Gasteiger partial charge in [-0.05, 0) is 16.7 Å². The maximum Gasteiger partial charge on any atom is 0.133 e. The molecule has 16 heavy (non-hydrogen) atoms. The first-order valence-corrected chi connectivity index (χ1v) is 4.75. The van der Waals surface area contributed by atoms with Gasteiger partial charge in [-0.15, -0.1) is 0 Å². The summed E-state index contributed by atoms with van der Waals surface area (Å²) in [5.74, 6) is 0. The van der Waals surface area contributed by atoms with Crippen molar-refractivity contribution < 1.29 is 24.6 Å². The molecular formula is C11H14O5. The van der Waals surface area contributed by atoms with Crippen LogP contribution in [-0.2, 0) is 24.6 Å². The maximum absolute atomic E-state index is 4.62. The first-order valence-electron chi connectivity index (χ1n) is 4.75. The Labute approximate surface area is 93.9 Å². The van der Waals surface area contributed by atoms with E-state index in [9.17, 15) is 0 Å². The highest BCUT2D eigenvalue weighted by molar-refractivity contribution is 5.47. The van der Waals surface area contributed by atoms with Crippen molar-refractivity contribution >= 4 is 6.08 Å². The molecule has 1 rings (SSSR count). The Morgan fingerprint density at radius 3 is 2.56 bits per heavy atom. The highest BCUT2D eigenvalue weighted by Crippen LogP contribution is 2.00. The monoisotopic (exact) mass is 226 g/mol. The fourth-order valence-corrected chi connectivity index (χ4v) is 0.906. The lowest BCUT2D eigenvalue weighted by Crippen LogP contribution is -2.03. The summed E-state index contributed by atoms with van der Waals surface area (Å²) in [6, 6.07) is 9.67. The fraction of sp³-hybridized carbons (Fsp3) is 0.273. The van der Waals surface area contributed by atoms with Gasteiger partial charge in [0, 0.05) is 0 Å². The summed E-state index contributed by atoms with van der Waals surface area (Å²) in [5, 5.41) is 4.38. The van der Waals surface area contributed by atoms with Crippen molar-refractivity contribution in [1.82, 2.24) is 0 Å². The minimum atomic E-state index is 0.215. The molecule has 0 radical (unpaired) electrons. The third-order valence-corrected chi connectivity index (χ3v) is 1.57. The third-order valence-electron chi connectivity index (χ3n) is 1.57. The highest BCUT2D eigenvalue weighted by Gasteiger charge is 1.89. The van der Waals surface area contributed by atoms with E-state index in [2.05, 4.69) is 24.6 Å². The van der Waals surface area contributed by atoms with E-state index in [0.29, 0.717) is 0 Å². The second-order valence-corrected chi connectivity index (χ2v) is 2.69. The Balaban J connectivity index is 2.01. The molecule has 0 aromatic heterocycles. The molecule has 1 aromatic carbocycles. The van der Waals surface area contributed by atoms with Crippen molar-refractivity contribution in [3.63, 3.8) is 0 Å². The summed E-state index contributed by atoms with van der Waals surface area (Å²) in [4.78, 5) is 18.1. The van der Waals surface area contributed by atoms with E-state index in [0.717, 1.165) is 5.56 Å². The van der Waals surface area contributed by atoms with Crippen LogP contribution >= 0.6 is 0 Å². The first kappa shape index (κ1) is 12.7. The summed E-state index contributed by atoms with van der Waals surface area (Å²) >= 11 is 0. The second kappa shape index (κ2) is 8.87. The van der Waals surface area contributed by atoms with Crippen LogP contribution in [0.2, 0.25) is 0 Å². The van der Waals surface area contributed by atoms with Crippen LogP contribution in [0.3, 0.4) is 0 Å². The van der Waals surface area contributed by atoms with Crippen LogP contribution in [0, 0.1) is 0 Å². The predicted octanol–water partition coefficient (Wildman–Crippen LogP) is 2.12. The number of hydrogen-bond donors (Lipinski definition) is 0. The van der Waals surface area contributed by atoms with Crippen LogP contribution in [0.4, 0.5) is 0 Å². The average Bonchev–Trinajstić information content (AvgIpc) is 2.34. The predicted molar refractivity (Wildman–Crippen MR) is 56.6 cm³/mol. The molecule has 5 heteroatoms. The van der Waals surface area contributed by atoms with E-state index in [4.69, 9.17) is 0 Å². The summed E-state index contributed by atoms with van der Waals surface area (Å²) in [5.41, 5.74) is 1.01. The fourth-order valence-electron chi connectivity index (χ4n) is 0.906. The van der Waals surface area contributed by atoms with Gasteiger partial charge in [-0.1, -0.05) is 30.3 Å². The van der Waals surface area contributed by atoms with Crippen LogP contribution < -0.4 is 0 Å². The molecule has 88 valence electrons. The van der Waals surface area contributed by atoms with Crippen molar-refractivity contribution in [3.8, 4) is 0 Å². The summed E-state index contributed by atoms with van der Waals surface area (Å²) in [6.07, 6.45) is 3.13. The molecule has 0 spiro atoms. The molecule has 0 aliphatic heterocycles. The molecule has 0 aliphatic carbocycles. The van der Waals surface area contributed by atoms with Crippen LogP contribution in [0.15, 0.2) is 36.6 Å². The van der Waals surface area contributed by atoms with Crippen molar-refractivity contribution in [2.75, 3.05) is 20.3 Å². The van der Waals surface area contributed by atoms with Crippen LogP contribution in [0.1, 0.15) is 5.56 Å². The van der Waals surface area contributed by atoms with E-state index >= 15 is 0 Å². The zero-order valence-electron chi connectivity index (χ0n) is 9.00. The van der Waals surface area contributed by atoms with Crippen molar-refractivity contribution in [2.45, 2.75) is 0 Å². The van der Waals surface area contributed by atoms with Gasteiger partial charge >= 0.3 is 0 Å².